The Bertz CT molecular complexity index is 932. The van der Waals surface area contributed by atoms with Crippen LogP contribution in [0.25, 0.3) is 10.8 Å². The van der Waals surface area contributed by atoms with Crippen molar-refractivity contribution in [2.24, 2.45) is 0 Å². The van der Waals surface area contributed by atoms with Crippen LogP contribution in [0, 0.1) is 0 Å². The molecular formula is C20H16F3NO2. The maximum atomic E-state index is 12.8. The van der Waals surface area contributed by atoms with Crippen molar-refractivity contribution in [1.29, 1.82) is 0 Å². The number of carbonyl (C=O) groups is 1. The third-order valence-electron chi connectivity index (χ3n) is 3.88. The lowest BCUT2D eigenvalue weighted by molar-refractivity contribution is -0.137. The molecule has 1 N–H and O–H groups in total. The molecule has 0 saturated carbocycles. The second-order valence-electron chi connectivity index (χ2n) is 5.81. The molecule has 0 fully saturated rings. The van der Waals surface area contributed by atoms with E-state index < -0.39 is 23.8 Å². The van der Waals surface area contributed by atoms with Gasteiger partial charge in [-0.15, -0.1) is 0 Å². The van der Waals surface area contributed by atoms with Crippen LogP contribution in [0.2, 0.25) is 0 Å². The van der Waals surface area contributed by atoms with Crippen LogP contribution in [0.15, 0.2) is 66.7 Å². The summed E-state index contributed by atoms with van der Waals surface area (Å²) in [6.45, 7) is 1.55. The molecule has 1 unspecified atom stereocenters. The summed E-state index contributed by atoms with van der Waals surface area (Å²) in [6, 6.07) is 17.5. The molecule has 0 aliphatic carbocycles. The van der Waals surface area contributed by atoms with Crippen molar-refractivity contribution in [2.75, 3.05) is 5.32 Å². The fraction of sp³-hybridized carbons (Fsp3) is 0.150. The van der Waals surface area contributed by atoms with E-state index in [9.17, 15) is 18.0 Å². The van der Waals surface area contributed by atoms with Crippen LogP contribution in [0.4, 0.5) is 18.9 Å². The number of alkyl halides is 3. The average Bonchev–Trinajstić information content (AvgIpc) is 2.61. The molecule has 3 aromatic rings. The van der Waals surface area contributed by atoms with Gasteiger partial charge in [-0.1, -0.05) is 42.5 Å². The molecule has 6 heteroatoms. The number of ether oxygens (including phenoxy) is 1. The number of hydrogen-bond acceptors (Lipinski definition) is 2. The Labute approximate surface area is 148 Å². The number of fused-ring (bicyclic) bond motifs is 1. The van der Waals surface area contributed by atoms with Gasteiger partial charge in [0.15, 0.2) is 6.10 Å². The minimum Gasteiger partial charge on any atom is -0.480 e. The van der Waals surface area contributed by atoms with E-state index in [1.807, 2.05) is 36.4 Å². The van der Waals surface area contributed by atoms with Gasteiger partial charge in [-0.25, -0.2) is 0 Å². The normalized spacial score (nSPS) is 12.6. The molecule has 134 valence electrons. The van der Waals surface area contributed by atoms with Crippen molar-refractivity contribution in [3.8, 4) is 5.75 Å². The molecular weight excluding hydrogens is 343 g/mol. The SMILES string of the molecule is CC(Oc1cccc2ccccc12)C(=O)Nc1cccc(C(F)(F)F)c1. The van der Waals surface area contributed by atoms with Gasteiger partial charge in [-0.2, -0.15) is 13.2 Å². The molecule has 3 nitrogen and oxygen atoms in total. The monoisotopic (exact) mass is 359 g/mol. The summed E-state index contributed by atoms with van der Waals surface area (Å²) in [6.07, 6.45) is -5.35. The van der Waals surface area contributed by atoms with Gasteiger partial charge >= 0.3 is 6.18 Å². The first-order valence-corrected chi connectivity index (χ1v) is 7.97. The molecule has 1 atom stereocenters. The molecule has 0 bridgehead atoms. The summed E-state index contributed by atoms with van der Waals surface area (Å²) in [5.41, 5.74) is -0.754. The van der Waals surface area contributed by atoms with Gasteiger partial charge in [-0.05, 0) is 36.6 Å². The highest BCUT2D eigenvalue weighted by Crippen LogP contribution is 2.31. The molecule has 0 saturated heterocycles. The molecule has 0 spiro atoms. The Balaban J connectivity index is 1.74. The van der Waals surface area contributed by atoms with Gasteiger partial charge in [0.1, 0.15) is 5.75 Å². The number of amides is 1. The summed E-state index contributed by atoms with van der Waals surface area (Å²) in [4.78, 5) is 12.3. The maximum absolute atomic E-state index is 12.8. The number of nitrogens with one attached hydrogen (secondary N) is 1. The van der Waals surface area contributed by atoms with Crippen molar-refractivity contribution in [3.63, 3.8) is 0 Å². The summed E-state index contributed by atoms with van der Waals surface area (Å²) < 4.78 is 44.0. The minimum atomic E-state index is -4.47. The summed E-state index contributed by atoms with van der Waals surface area (Å²) in [7, 11) is 0. The van der Waals surface area contributed by atoms with E-state index in [-0.39, 0.29) is 5.69 Å². The molecule has 0 heterocycles. The van der Waals surface area contributed by atoms with Gasteiger partial charge in [-0.3, -0.25) is 4.79 Å². The van der Waals surface area contributed by atoms with Gasteiger partial charge in [0.25, 0.3) is 5.91 Å². The lowest BCUT2D eigenvalue weighted by atomic mass is 10.1. The first-order chi connectivity index (χ1) is 12.3. The highest BCUT2D eigenvalue weighted by atomic mass is 19.4. The number of carbonyl (C=O) groups excluding carboxylic acids is 1. The van der Waals surface area contributed by atoms with E-state index >= 15 is 0 Å². The van der Waals surface area contributed by atoms with E-state index in [0.717, 1.165) is 22.9 Å². The van der Waals surface area contributed by atoms with E-state index in [1.165, 1.54) is 12.1 Å². The van der Waals surface area contributed by atoms with E-state index in [2.05, 4.69) is 5.32 Å². The molecule has 0 aromatic heterocycles. The first-order valence-electron chi connectivity index (χ1n) is 7.97. The van der Waals surface area contributed by atoms with Crippen molar-refractivity contribution < 1.29 is 22.7 Å². The molecule has 26 heavy (non-hydrogen) atoms. The van der Waals surface area contributed by atoms with Crippen molar-refractivity contribution >= 4 is 22.4 Å². The van der Waals surface area contributed by atoms with Crippen LogP contribution in [0.5, 0.6) is 5.75 Å². The zero-order valence-corrected chi connectivity index (χ0v) is 13.9. The smallest absolute Gasteiger partial charge is 0.416 e. The van der Waals surface area contributed by atoms with Crippen molar-refractivity contribution in [1.82, 2.24) is 0 Å². The van der Waals surface area contributed by atoms with Gasteiger partial charge < -0.3 is 10.1 Å². The van der Waals surface area contributed by atoms with Crippen LogP contribution in [-0.2, 0) is 11.0 Å². The maximum Gasteiger partial charge on any atom is 0.416 e. The Hall–Kier alpha value is -3.02. The predicted octanol–water partition coefficient (Wildman–Crippen LogP) is 5.26. The third-order valence-corrected chi connectivity index (χ3v) is 3.88. The zero-order chi connectivity index (χ0) is 18.7. The van der Waals surface area contributed by atoms with Crippen LogP contribution < -0.4 is 10.1 Å². The molecule has 3 aromatic carbocycles. The molecule has 0 aliphatic rings. The molecule has 0 aliphatic heterocycles. The average molecular weight is 359 g/mol. The predicted molar refractivity (Wildman–Crippen MR) is 94.1 cm³/mol. The number of halogens is 3. The Kier molecular flexibility index (Phi) is 4.84. The highest BCUT2D eigenvalue weighted by molar-refractivity contribution is 5.95. The van der Waals surface area contributed by atoms with Crippen molar-refractivity contribution in [2.45, 2.75) is 19.2 Å². The van der Waals surface area contributed by atoms with Crippen LogP contribution in [-0.4, -0.2) is 12.0 Å². The molecule has 1 amide bonds. The molecule has 0 radical (unpaired) electrons. The Morgan fingerprint density at radius 3 is 2.46 bits per heavy atom. The zero-order valence-electron chi connectivity index (χ0n) is 13.9. The van der Waals surface area contributed by atoms with Gasteiger partial charge in [0.2, 0.25) is 0 Å². The van der Waals surface area contributed by atoms with E-state index in [1.54, 1.807) is 13.0 Å². The van der Waals surface area contributed by atoms with Gasteiger partial charge in [0.05, 0.1) is 5.56 Å². The quantitative estimate of drug-likeness (QED) is 0.690. The summed E-state index contributed by atoms with van der Waals surface area (Å²) >= 11 is 0. The third kappa shape index (κ3) is 3.96. The second-order valence-corrected chi connectivity index (χ2v) is 5.81. The fourth-order valence-corrected chi connectivity index (χ4v) is 2.56. The lowest BCUT2D eigenvalue weighted by Crippen LogP contribution is -2.30. The topological polar surface area (TPSA) is 38.3 Å². The molecule has 3 rings (SSSR count). The van der Waals surface area contributed by atoms with E-state index in [4.69, 9.17) is 4.74 Å². The summed E-state index contributed by atoms with van der Waals surface area (Å²) in [5, 5.41) is 4.28. The van der Waals surface area contributed by atoms with Crippen molar-refractivity contribution in [3.05, 3.63) is 72.3 Å². The minimum absolute atomic E-state index is 0.0678. The van der Waals surface area contributed by atoms with Crippen LogP contribution in [0.1, 0.15) is 12.5 Å². The van der Waals surface area contributed by atoms with E-state index in [0.29, 0.717) is 5.75 Å². The summed E-state index contributed by atoms with van der Waals surface area (Å²) in [5.74, 6) is 0.00653. The Morgan fingerprint density at radius 1 is 1.00 bits per heavy atom. The number of benzene rings is 3. The standard InChI is InChI=1S/C20H16F3NO2/c1-13(26-18-11-4-7-14-6-2-3-10-17(14)18)19(25)24-16-9-5-8-15(12-16)20(21,22)23/h2-13H,1H3,(H,24,25). The largest absolute Gasteiger partial charge is 0.480 e. The first kappa shape index (κ1) is 17.8. The number of rotatable bonds is 4. The Morgan fingerprint density at radius 2 is 1.69 bits per heavy atom. The number of anilines is 1. The lowest BCUT2D eigenvalue weighted by Gasteiger charge is -2.17. The fourth-order valence-electron chi connectivity index (χ4n) is 2.56. The van der Waals surface area contributed by atoms with Crippen LogP contribution >= 0.6 is 0 Å². The van der Waals surface area contributed by atoms with Gasteiger partial charge in [0, 0.05) is 11.1 Å². The highest BCUT2D eigenvalue weighted by Gasteiger charge is 2.30. The number of hydrogen-bond donors (Lipinski definition) is 1. The van der Waals surface area contributed by atoms with Crippen LogP contribution in [0.3, 0.4) is 0 Å². The second kappa shape index (κ2) is 7.07.